The minimum Gasteiger partial charge on any atom is -0.231 e. The Kier molecular flexibility index (Phi) is 2.60. The van der Waals surface area contributed by atoms with E-state index < -0.39 is 4.51 Å². The number of rotatable bonds is 0. The molecular formula is C7H8Br2O2S. The first-order valence-electron chi connectivity index (χ1n) is 3.65. The second-order valence-electron chi connectivity index (χ2n) is 2.93. The van der Waals surface area contributed by atoms with Crippen LogP contribution in [0.3, 0.4) is 0 Å². The predicted octanol–water partition coefficient (Wildman–Crippen LogP) is 3.17. The molecule has 2 rings (SSSR count). The molecule has 0 aliphatic carbocycles. The summed E-state index contributed by atoms with van der Waals surface area (Å²) in [5.41, 5.74) is 1.26. The SMILES string of the molecule is CC1CC2=CSC(Br)C2(Br)OO1. The molecule has 12 heavy (non-hydrogen) atoms. The number of hydrogen-bond acceptors (Lipinski definition) is 3. The smallest absolute Gasteiger partial charge is 0.201 e. The number of thioether (sulfide) groups is 1. The van der Waals surface area contributed by atoms with E-state index in [0.717, 1.165) is 6.42 Å². The topological polar surface area (TPSA) is 18.5 Å². The van der Waals surface area contributed by atoms with E-state index in [1.807, 2.05) is 6.92 Å². The minimum atomic E-state index is -0.440. The summed E-state index contributed by atoms with van der Waals surface area (Å²) in [5.74, 6) is 0. The summed E-state index contributed by atoms with van der Waals surface area (Å²) in [4.78, 5) is 10.4. The molecule has 0 spiro atoms. The fourth-order valence-corrected chi connectivity index (χ4v) is 3.67. The van der Waals surface area contributed by atoms with Crippen molar-refractivity contribution < 1.29 is 9.78 Å². The molecule has 2 aliphatic heterocycles. The third-order valence-electron chi connectivity index (χ3n) is 1.90. The zero-order chi connectivity index (χ0) is 8.77. The molecule has 0 aromatic heterocycles. The van der Waals surface area contributed by atoms with E-state index in [1.165, 1.54) is 5.57 Å². The lowest BCUT2D eigenvalue weighted by atomic mass is 10.1. The summed E-state index contributed by atoms with van der Waals surface area (Å²) >= 11 is 8.75. The van der Waals surface area contributed by atoms with E-state index in [0.29, 0.717) is 0 Å². The highest BCUT2D eigenvalue weighted by atomic mass is 79.9. The highest BCUT2D eigenvalue weighted by molar-refractivity contribution is 9.14. The van der Waals surface area contributed by atoms with Crippen LogP contribution in [0.4, 0.5) is 0 Å². The third kappa shape index (κ3) is 1.39. The molecule has 3 atom stereocenters. The van der Waals surface area contributed by atoms with Crippen LogP contribution in [0.1, 0.15) is 13.3 Å². The zero-order valence-corrected chi connectivity index (χ0v) is 10.4. The Morgan fingerprint density at radius 2 is 2.50 bits per heavy atom. The molecule has 2 heterocycles. The van der Waals surface area contributed by atoms with Gasteiger partial charge in [0.05, 0.1) is 6.10 Å². The molecule has 1 saturated heterocycles. The van der Waals surface area contributed by atoms with Crippen LogP contribution in [0.15, 0.2) is 11.0 Å². The lowest BCUT2D eigenvalue weighted by Gasteiger charge is -2.34. The van der Waals surface area contributed by atoms with E-state index in [2.05, 4.69) is 37.3 Å². The van der Waals surface area contributed by atoms with E-state index in [4.69, 9.17) is 9.78 Å². The standard InChI is InChI=1S/C7H8Br2O2S/c1-4-2-5-3-12-6(8)7(5,9)11-10-4/h3-4,6H,2H2,1H3. The maximum absolute atomic E-state index is 5.29. The van der Waals surface area contributed by atoms with E-state index >= 15 is 0 Å². The number of fused-ring (bicyclic) bond motifs is 1. The Hall–Kier alpha value is 0.970. The monoisotopic (exact) mass is 314 g/mol. The van der Waals surface area contributed by atoms with Crippen molar-refractivity contribution >= 4 is 43.6 Å². The first kappa shape index (κ1) is 9.52. The molecule has 0 bridgehead atoms. The normalized spacial score (nSPS) is 47.1. The van der Waals surface area contributed by atoms with Gasteiger partial charge in [-0.1, -0.05) is 15.9 Å². The van der Waals surface area contributed by atoms with Gasteiger partial charge in [-0.3, -0.25) is 0 Å². The van der Waals surface area contributed by atoms with Crippen LogP contribution in [-0.2, 0) is 9.78 Å². The second-order valence-corrected chi connectivity index (χ2v) is 6.61. The predicted molar refractivity (Wildman–Crippen MR) is 56.3 cm³/mol. The van der Waals surface area contributed by atoms with Gasteiger partial charge < -0.3 is 0 Å². The molecule has 0 aromatic carbocycles. The largest absolute Gasteiger partial charge is 0.231 e. The maximum Gasteiger partial charge on any atom is 0.201 e. The summed E-state index contributed by atoms with van der Waals surface area (Å²) < 4.78 is -0.239. The van der Waals surface area contributed by atoms with Gasteiger partial charge in [0.25, 0.3) is 0 Å². The van der Waals surface area contributed by atoms with Gasteiger partial charge in [-0.05, 0) is 33.8 Å². The van der Waals surface area contributed by atoms with Gasteiger partial charge in [0.2, 0.25) is 4.51 Å². The van der Waals surface area contributed by atoms with Crippen LogP contribution in [0.25, 0.3) is 0 Å². The lowest BCUT2D eigenvalue weighted by Crippen LogP contribution is -2.39. The molecule has 2 aliphatic rings. The summed E-state index contributed by atoms with van der Waals surface area (Å²) in [7, 11) is 0. The average Bonchev–Trinajstić information content (AvgIpc) is 2.31. The Balaban J connectivity index is 2.22. The highest BCUT2D eigenvalue weighted by Crippen LogP contribution is 2.52. The number of alkyl halides is 2. The quantitative estimate of drug-likeness (QED) is 0.505. The molecule has 3 unspecified atom stereocenters. The molecule has 0 saturated carbocycles. The second kappa shape index (κ2) is 3.28. The van der Waals surface area contributed by atoms with Crippen molar-refractivity contribution in [2.75, 3.05) is 0 Å². The molecule has 5 heteroatoms. The molecule has 2 nitrogen and oxygen atoms in total. The molecule has 0 N–H and O–H groups in total. The summed E-state index contributed by atoms with van der Waals surface area (Å²) in [6, 6.07) is 0. The van der Waals surface area contributed by atoms with Crippen molar-refractivity contribution in [3.63, 3.8) is 0 Å². The van der Waals surface area contributed by atoms with Crippen LogP contribution in [0.5, 0.6) is 0 Å². The van der Waals surface area contributed by atoms with Gasteiger partial charge in [-0.2, -0.15) is 0 Å². The van der Waals surface area contributed by atoms with Crippen molar-refractivity contribution in [2.24, 2.45) is 0 Å². The molecule has 0 amide bonds. The zero-order valence-electron chi connectivity index (χ0n) is 6.42. The minimum absolute atomic E-state index is 0.153. The molecule has 1 fully saturated rings. The van der Waals surface area contributed by atoms with E-state index in [-0.39, 0.29) is 10.3 Å². The molecule has 68 valence electrons. The van der Waals surface area contributed by atoms with Crippen molar-refractivity contribution in [3.8, 4) is 0 Å². The van der Waals surface area contributed by atoms with E-state index in [9.17, 15) is 0 Å². The van der Waals surface area contributed by atoms with E-state index in [1.54, 1.807) is 11.8 Å². The Labute approximate surface area is 92.2 Å². The Morgan fingerprint density at radius 1 is 1.75 bits per heavy atom. The summed E-state index contributed by atoms with van der Waals surface area (Å²) in [6.07, 6.45) is 1.08. The van der Waals surface area contributed by atoms with Crippen LogP contribution < -0.4 is 0 Å². The van der Waals surface area contributed by atoms with Gasteiger partial charge in [-0.25, -0.2) is 9.78 Å². The van der Waals surface area contributed by atoms with Crippen LogP contribution in [-0.4, -0.2) is 14.8 Å². The highest BCUT2D eigenvalue weighted by Gasteiger charge is 2.48. The average molecular weight is 316 g/mol. The summed E-state index contributed by atoms with van der Waals surface area (Å²) in [6.45, 7) is 2.00. The fourth-order valence-electron chi connectivity index (χ4n) is 1.23. The first-order chi connectivity index (χ1) is 5.63. The van der Waals surface area contributed by atoms with Crippen LogP contribution in [0.2, 0.25) is 0 Å². The van der Waals surface area contributed by atoms with Gasteiger partial charge in [-0.15, -0.1) is 11.8 Å². The van der Waals surface area contributed by atoms with Crippen molar-refractivity contribution in [2.45, 2.75) is 28.1 Å². The first-order valence-corrected chi connectivity index (χ1v) is 6.30. The van der Waals surface area contributed by atoms with Crippen molar-refractivity contribution in [3.05, 3.63) is 11.0 Å². The van der Waals surface area contributed by atoms with Crippen molar-refractivity contribution in [1.29, 1.82) is 0 Å². The molecule has 0 aromatic rings. The Morgan fingerprint density at radius 3 is 3.25 bits per heavy atom. The van der Waals surface area contributed by atoms with Crippen molar-refractivity contribution in [1.82, 2.24) is 0 Å². The van der Waals surface area contributed by atoms with Gasteiger partial charge >= 0.3 is 0 Å². The van der Waals surface area contributed by atoms with Gasteiger partial charge in [0.15, 0.2) is 0 Å². The summed E-state index contributed by atoms with van der Waals surface area (Å²) in [5, 5.41) is 2.13. The fraction of sp³-hybridized carbons (Fsp3) is 0.714. The number of halogens is 2. The third-order valence-corrected chi connectivity index (χ3v) is 6.20. The van der Waals surface area contributed by atoms with Crippen LogP contribution in [0, 0.1) is 0 Å². The molecular weight excluding hydrogens is 308 g/mol. The van der Waals surface area contributed by atoms with Gasteiger partial charge in [0, 0.05) is 6.42 Å². The lowest BCUT2D eigenvalue weighted by molar-refractivity contribution is -0.359. The maximum atomic E-state index is 5.29. The Bertz CT molecular complexity index is 233. The number of hydrogen-bond donors (Lipinski definition) is 0. The molecule has 0 radical (unpaired) electrons. The van der Waals surface area contributed by atoms with Gasteiger partial charge in [0.1, 0.15) is 4.16 Å². The van der Waals surface area contributed by atoms with Crippen LogP contribution >= 0.6 is 43.6 Å².